The second-order valence-corrected chi connectivity index (χ2v) is 5.70. The number of hydrogen-bond acceptors (Lipinski definition) is 5. The molecule has 5 nitrogen and oxygen atoms in total. The molecule has 0 saturated carbocycles. The van der Waals surface area contributed by atoms with Crippen molar-refractivity contribution in [2.45, 2.75) is 19.9 Å². The van der Waals surface area contributed by atoms with Crippen LogP contribution in [0.15, 0.2) is 24.3 Å². The fourth-order valence-electron chi connectivity index (χ4n) is 1.91. The fraction of sp³-hybridized carbons (Fsp3) is 0.308. The zero-order chi connectivity index (χ0) is 14.5. The molecule has 0 aliphatic carbocycles. The van der Waals surface area contributed by atoms with Gasteiger partial charge in [-0.25, -0.2) is 0 Å². The van der Waals surface area contributed by atoms with Crippen LogP contribution < -0.4 is 4.90 Å². The first-order chi connectivity index (χ1) is 9.58. The van der Waals surface area contributed by atoms with Crippen molar-refractivity contribution in [2.24, 2.45) is 0 Å². The molecular formula is C13H14ClN3O2S. The van der Waals surface area contributed by atoms with E-state index in [1.165, 1.54) is 0 Å². The van der Waals surface area contributed by atoms with Crippen molar-refractivity contribution in [1.82, 2.24) is 9.59 Å². The highest BCUT2D eigenvalue weighted by atomic mass is 35.5. The minimum absolute atomic E-state index is 0.0590. The Bertz CT molecular complexity index is 603. The molecule has 0 aliphatic heterocycles. The van der Waals surface area contributed by atoms with Crippen LogP contribution in [0.25, 0.3) is 0 Å². The summed E-state index contributed by atoms with van der Waals surface area (Å²) in [5, 5.41) is 12.9. The van der Waals surface area contributed by atoms with Gasteiger partial charge in [-0.3, -0.25) is 4.79 Å². The van der Waals surface area contributed by atoms with Gasteiger partial charge in [-0.1, -0.05) is 34.3 Å². The number of carboxylic acid groups (broad SMARTS) is 1. The van der Waals surface area contributed by atoms with Crippen LogP contribution in [0, 0.1) is 6.92 Å². The second-order valence-electron chi connectivity index (χ2n) is 4.35. The summed E-state index contributed by atoms with van der Waals surface area (Å²) in [5.74, 6) is -0.828. The number of hydrogen-bond donors (Lipinski definition) is 1. The highest BCUT2D eigenvalue weighted by Crippen LogP contribution is 2.25. The van der Waals surface area contributed by atoms with Gasteiger partial charge in [0.15, 0.2) is 0 Å². The quantitative estimate of drug-likeness (QED) is 0.888. The predicted molar refractivity (Wildman–Crippen MR) is 79.4 cm³/mol. The lowest BCUT2D eigenvalue weighted by Crippen LogP contribution is -2.26. The first-order valence-electron chi connectivity index (χ1n) is 6.07. The maximum atomic E-state index is 10.8. The lowest BCUT2D eigenvalue weighted by atomic mass is 10.1. The summed E-state index contributed by atoms with van der Waals surface area (Å²) in [6.07, 6.45) is 0.0590. The number of para-hydroxylation sites is 1. The van der Waals surface area contributed by atoms with Gasteiger partial charge >= 0.3 is 5.97 Å². The Labute approximate surface area is 126 Å². The predicted octanol–water partition coefficient (Wildman–Crippen LogP) is 2.98. The Morgan fingerprint density at radius 2 is 2.20 bits per heavy atom. The van der Waals surface area contributed by atoms with Gasteiger partial charge in [0.1, 0.15) is 10.0 Å². The van der Waals surface area contributed by atoms with Gasteiger partial charge in [0.25, 0.3) is 0 Å². The van der Waals surface area contributed by atoms with E-state index < -0.39 is 5.97 Å². The maximum Gasteiger partial charge on any atom is 0.305 e. The topological polar surface area (TPSA) is 66.3 Å². The third kappa shape index (κ3) is 3.68. The Morgan fingerprint density at radius 1 is 1.45 bits per heavy atom. The molecular weight excluding hydrogens is 298 g/mol. The molecule has 0 amide bonds. The van der Waals surface area contributed by atoms with Crippen molar-refractivity contribution >= 4 is 34.8 Å². The highest BCUT2D eigenvalue weighted by Gasteiger charge is 2.15. The Hall–Kier alpha value is -1.66. The molecule has 1 N–H and O–H groups in total. The van der Waals surface area contributed by atoms with Crippen molar-refractivity contribution < 1.29 is 9.90 Å². The largest absolute Gasteiger partial charge is 0.481 e. The van der Waals surface area contributed by atoms with Crippen LogP contribution in [-0.4, -0.2) is 27.2 Å². The smallest absolute Gasteiger partial charge is 0.305 e. The molecule has 0 fully saturated rings. The zero-order valence-electron chi connectivity index (χ0n) is 10.9. The number of carbonyl (C=O) groups is 1. The number of aliphatic carboxylic acids is 1. The Kier molecular flexibility index (Phi) is 4.92. The molecule has 20 heavy (non-hydrogen) atoms. The number of benzene rings is 1. The fourth-order valence-corrected chi connectivity index (χ4v) is 2.52. The lowest BCUT2D eigenvalue weighted by molar-refractivity contribution is -0.136. The summed E-state index contributed by atoms with van der Waals surface area (Å²) in [5.41, 5.74) is 2.74. The third-order valence-corrected chi connectivity index (χ3v) is 3.89. The summed E-state index contributed by atoms with van der Waals surface area (Å²) in [6, 6.07) is 7.83. The Morgan fingerprint density at radius 3 is 2.80 bits per heavy atom. The van der Waals surface area contributed by atoms with Gasteiger partial charge in [-0.05, 0) is 18.6 Å². The summed E-state index contributed by atoms with van der Waals surface area (Å²) < 4.78 is 4.34. The summed E-state index contributed by atoms with van der Waals surface area (Å²) in [6.45, 7) is 2.84. The van der Waals surface area contributed by atoms with Gasteiger partial charge < -0.3 is 10.0 Å². The number of halogens is 1. The van der Waals surface area contributed by atoms with Gasteiger partial charge in [-0.2, -0.15) is 0 Å². The van der Waals surface area contributed by atoms with Gasteiger partial charge in [0.05, 0.1) is 13.0 Å². The SMILES string of the molecule is Cc1ccccc1N(CCC(=O)O)Cc1nnsc1Cl. The van der Waals surface area contributed by atoms with Crippen molar-refractivity contribution in [3.05, 3.63) is 39.9 Å². The average Bonchev–Trinajstić information content (AvgIpc) is 2.81. The van der Waals surface area contributed by atoms with E-state index in [2.05, 4.69) is 9.59 Å². The number of aryl methyl sites for hydroxylation is 1. The molecule has 0 unspecified atom stereocenters. The molecule has 1 heterocycles. The molecule has 0 spiro atoms. The number of carboxylic acids is 1. The minimum atomic E-state index is -0.828. The molecule has 0 saturated heterocycles. The number of rotatable bonds is 6. The number of nitrogens with zero attached hydrogens (tertiary/aromatic N) is 3. The average molecular weight is 312 g/mol. The molecule has 2 aromatic rings. The van der Waals surface area contributed by atoms with Crippen molar-refractivity contribution in [1.29, 1.82) is 0 Å². The van der Waals surface area contributed by atoms with Crippen LogP contribution in [0.1, 0.15) is 17.7 Å². The summed E-state index contributed by atoms with van der Waals surface area (Å²) in [7, 11) is 0. The van der Waals surface area contributed by atoms with E-state index in [0.29, 0.717) is 23.1 Å². The van der Waals surface area contributed by atoms with Gasteiger partial charge in [0, 0.05) is 23.8 Å². The normalized spacial score (nSPS) is 10.5. The monoisotopic (exact) mass is 311 g/mol. The van der Waals surface area contributed by atoms with E-state index in [-0.39, 0.29) is 6.42 Å². The zero-order valence-corrected chi connectivity index (χ0v) is 12.5. The molecule has 0 bridgehead atoms. The highest BCUT2D eigenvalue weighted by molar-refractivity contribution is 7.10. The van der Waals surface area contributed by atoms with E-state index >= 15 is 0 Å². The van der Waals surface area contributed by atoms with Crippen molar-refractivity contribution in [2.75, 3.05) is 11.4 Å². The van der Waals surface area contributed by atoms with E-state index in [1.54, 1.807) is 0 Å². The van der Waals surface area contributed by atoms with E-state index in [0.717, 1.165) is 22.8 Å². The standard InChI is InChI=1S/C13H14ClN3O2S/c1-9-4-2-3-5-11(9)17(7-6-12(18)19)8-10-13(14)20-16-15-10/h2-5H,6-8H2,1H3,(H,18,19). The first-order valence-corrected chi connectivity index (χ1v) is 7.22. The lowest BCUT2D eigenvalue weighted by Gasteiger charge is -2.25. The molecule has 0 radical (unpaired) electrons. The van der Waals surface area contributed by atoms with Crippen LogP contribution in [0.4, 0.5) is 5.69 Å². The first kappa shape index (κ1) is 14.7. The molecule has 0 atom stereocenters. The van der Waals surface area contributed by atoms with Gasteiger partial charge in [-0.15, -0.1) is 5.10 Å². The molecule has 1 aromatic heterocycles. The van der Waals surface area contributed by atoms with Crippen molar-refractivity contribution in [3.63, 3.8) is 0 Å². The minimum Gasteiger partial charge on any atom is -0.481 e. The van der Waals surface area contributed by atoms with Crippen LogP contribution >= 0.6 is 23.1 Å². The second kappa shape index (κ2) is 6.67. The van der Waals surface area contributed by atoms with E-state index in [9.17, 15) is 4.79 Å². The molecule has 0 aliphatic rings. The van der Waals surface area contributed by atoms with Crippen LogP contribution in [0.3, 0.4) is 0 Å². The molecule has 2 rings (SSSR count). The summed E-state index contributed by atoms with van der Waals surface area (Å²) >= 11 is 7.16. The molecule has 7 heteroatoms. The molecule has 1 aromatic carbocycles. The third-order valence-electron chi connectivity index (χ3n) is 2.90. The Balaban J connectivity index is 2.23. The van der Waals surface area contributed by atoms with Crippen LogP contribution in [0.5, 0.6) is 0 Å². The number of anilines is 1. The number of aromatic nitrogens is 2. The van der Waals surface area contributed by atoms with Crippen LogP contribution in [0.2, 0.25) is 4.34 Å². The van der Waals surface area contributed by atoms with Crippen LogP contribution in [-0.2, 0) is 11.3 Å². The maximum absolute atomic E-state index is 10.8. The molecule has 106 valence electrons. The van der Waals surface area contributed by atoms with E-state index in [1.807, 2.05) is 36.1 Å². The van der Waals surface area contributed by atoms with Crippen molar-refractivity contribution in [3.8, 4) is 0 Å². The van der Waals surface area contributed by atoms with E-state index in [4.69, 9.17) is 16.7 Å². The van der Waals surface area contributed by atoms with Gasteiger partial charge in [0.2, 0.25) is 0 Å². The summed E-state index contributed by atoms with van der Waals surface area (Å²) in [4.78, 5) is 12.8.